The number of fused-ring (bicyclic) bond motifs is 1. The second-order valence-corrected chi connectivity index (χ2v) is 6.98. The Balaban J connectivity index is 1.34. The molecule has 1 saturated heterocycles. The molecule has 1 aliphatic rings. The molecular formula is C20H22N4O3. The third-order valence-corrected chi connectivity index (χ3v) is 5.05. The van der Waals surface area contributed by atoms with E-state index in [1.165, 1.54) is 5.56 Å². The molecule has 0 saturated carbocycles. The molecule has 7 nitrogen and oxygen atoms in total. The topological polar surface area (TPSA) is 85.3 Å². The van der Waals surface area contributed by atoms with Crippen molar-refractivity contribution in [2.45, 2.75) is 25.3 Å². The Morgan fingerprint density at radius 3 is 3.00 bits per heavy atom. The van der Waals surface area contributed by atoms with Gasteiger partial charge in [-0.3, -0.25) is 9.42 Å². The van der Waals surface area contributed by atoms with Crippen molar-refractivity contribution in [3.8, 4) is 0 Å². The van der Waals surface area contributed by atoms with Crippen LogP contribution in [0.1, 0.15) is 28.8 Å². The summed E-state index contributed by atoms with van der Waals surface area (Å²) in [7, 11) is 0. The summed E-state index contributed by atoms with van der Waals surface area (Å²) in [5.74, 6) is -0.146. The summed E-state index contributed by atoms with van der Waals surface area (Å²) in [5.41, 5.74) is 2.51. The quantitative estimate of drug-likeness (QED) is 0.697. The summed E-state index contributed by atoms with van der Waals surface area (Å²) in [6.07, 6.45) is 3.05. The Hall–Kier alpha value is -2.93. The molecule has 1 aromatic heterocycles. The Labute approximate surface area is 157 Å². The Kier molecular flexibility index (Phi) is 5.02. The fraction of sp³-hybridized carbons (Fsp3) is 0.350. The van der Waals surface area contributed by atoms with Gasteiger partial charge in [-0.05, 0) is 48.4 Å². The number of hydrogen-bond donors (Lipinski definition) is 1. The van der Waals surface area contributed by atoms with E-state index in [1.54, 1.807) is 18.2 Å². The molecule has 1 aliphatic heterocycles. The van der Waals surface area contributed by atoms with Gasteiger partial charge in [-0.1, -0.05) is 30.3 Å². The lowest BCUT2D eigenvalue weighted by molar-refractivity contribution is -0.782. The first-order valence-electron chi connectivity index (χ1n) is 9.26. The Morgan fingerprint density at radius 1 is 1.30 bits per heavy atom. The molecule has 0 unspecified atom stereocenters. The maximum Gasteiger partial charge on any atom is 0.251 e. The average molecular weight is 366 g/mol. The standard InChI is InChI=1S/C20H22N4O3/c25-20(16-8-9-19-18(13-16)22-27-24(19)26)21-17-7-4-11-23(14-17)12-10-15-5-2-1-3-6-15/h1-3,5-6,8-9,13,17H,4,7,10-12,14H2,(H,21,25)/t17-/m1/s1. The van der Waals surface area contributed by atoms with Crippen molar-refractivity contribution in [1.82, 2.24) is 15.4 Å². The highest BCUT2D eigenvalue weighted by molar-refractivity contribution is 5.97. The van der Waals surface area contributed by atoms with Gasteiger partial charge in [0.05, 0.1) is 0 Å². The molecule has 2 heterocycles. The van der Waals surface area contributed by atoms with Crippen LogP contribution in [0.5, 0.6) is 0 Å². The van der Waals surface area contributed by atoms with E-state index in [9.17, 15) is 10.0 Å². The molecule has 3 aromatic rings. The maximum absolute atomic E-state index is 12.6. The predicted octanol–water partition coefficient (Wildman–Crippen LogP) is 1.90. The van der Waals surface area contributed by atoms with Gasteiger partial charge in [-0.2, -0.15) is 0 Å². The fourth-order valence-corrected chi connectivity index (χ4v) is 3.59. The van der Waals surface area contributed by atoms with Crippen LogP contribution in [0.25, 0.3) is 11.0 Å². The molecule has 0 spiro atoms. The van der Waals surface area contributed by atoms with Gasteiger partial charge in [0, 0.05) is 35.9 Å². The highest BCUT2D eigenvalue weighted by Crippen LogP contribution is 2.14. The number of carbonyl (C=O) groups excluding carboxylic acids is 1. The minimum absolute atomic E-state index is 0.125. The zero-order valence-electron chi connectivity index (χ0n) is 15.0. The normalized spacial score (nSPS) is 17.9. The first-order valence-corrected chi connectivity index (χ1v) is 9.26. The summed E-state index contributed by atoms with van der Waals surface area (Å²) in [4.78, 5) is 15.3. The van der Waals surface area contributed by atoms with Crippen molar-refractivity contribution in [3.63, 3.8) is 0 Å². The maximum atomic E-state index is 12.6. The van der Waals surface area contributed by atoms with Crippen LogP contribution in [0.3, 0.4) is 0 Å². The molecule has 0 bridgehead atoms. The van der Waals surface area contributed by atoms with E-state index < -0.39 is 0 Å². The van der Waals surface area contributed by atoms with Gasteiger partial charge in [0.1, 0.15) is 0 Å². The van der Waals surface area contributed by atoms with E-state index in [1.807, 2.05) is 6.07 Å². The Bertz CT molecular complexity index is 925. The number of carbonyl (C=O) groups is 1. The zero-order chi connectivity index (χ0) is 18.6. The molecule has 2 aromatic carbocycles. The van der Waals surface area contributed by atoms with Crippen molar-refractivity contribution >= 4 is 16.9 Å². The minimum Gasteiger partial charge on any atom is -0.359 e. The van der Waals surface area contributed by atoms with Crippen LogP contribution in [0.4, 0.5) is 0 Å². The number of rotatable bonds is 5. The number of piperidine rings is 1. The molecule has 1 atom stereocenters. The Morgan fingerprint density at radius 2 is 2.15 bits per heavy atom. The molecule has 1 fully saturated rings. The van der Waals surface area contributed by atoms with Gasteiger partial charge < -0.3 is 15.4 Å². The van der Waals surface area contributed by atoms with Crippen molar-refractivity contribution in [2.75, 3.05) is 19.6 Å². The monoisotopic (exact) mass is 366 g/mol. The van der Waals surface area contributed by atoms with Crippen molar-refractivity contribution in [2.24, 2.45) is 0 Å². The second kappa shape index (κ2) is 7.75. The van der Waals surface area contributed by atoms with E-state index in [2.05, 4.69) is 44.3 Å². The van der Waals surface area contributed by atoms with E-state index in [0.717, 1.165) is 38.9 Å². The van der Waals surface area contributed by atoms with E-state index in [-0.39, 0.29) is 11.9 Å². The summed E-state index contributed by atoms with van der Waals surface area (Å²) < 4.78 is 4.55. The summed E-state index contributed by atoms with van der Waals surface area (Å²) >= 11 is 0. The van der Waals surface area contributed by atoms with Gasteiger partial charge in [0.2, 0.25) is 11.0 Å². The van der Waals surface area contributed by atoms with Gasteiger partial charge in [-0.15, -0.1) is 0 Å². The number of nitrogens with zero attached hydrogens (tertiary/aromatic N) is 3. The number of hydrogen-bond acceptors (Lipinski definition) is 5. The lowest BCUT2D eigenvalue weighted by atomic mass is 10.0. The zero-order valence-corrected chi connectivity index (χ0v) is 15.0. The molecule has 140 valence electrons. The molecule has 0 aliphatic carbocycles. The van der Waals surface area contributed by atoms with Gasteiger partial charge in [0.25, 0.3) is 5.91 Å². The summed E-state index contributed by atoms with van der Waals surface area (Å²) in [6.45, 7) is 2.91. The number of likely N-dealkylation sites (tertiary alicyclic amines) is 1. The van der Waals surface area contributed by atoms with E-state index >= 15 is 0 Å². The van der Waals surface area contributed by atoms with Crippen molar-refractivity contribution < 1.29 is 14.3 Å². The highest BCUT2D eigenvalue weighted by Gasteiger charge is 2.22. The fourth-order valence-electron chi connectivity index (χ4n) is 3.59. The van der Waals surface area contributed by atoms with Crippen molar-refractivity contribution in [1.29, 1.82) is 0 Å². The van der Waals surface area contributed by atoms with E-state index in [0.29, 0.717) is 21.5 Å². The lowest BCUT2D eigenvalue weighted by Gasteiger charge is -2.33. The second-order valence-electron chi connectivity index (χ2n) is 6.98. The minimum atomic E-state index is -0.146. The number of nitrogens with one attached hydrogen (secondary N) is 1. The first kappa shape index (κ1) is 17.5. The largest absolute Gasteiger partial charge is 0.359 e. The third kappa shape index (κ3) is 4.09. The summed E-state index contributed by atoms with van der Waals surface area (Å²) in [6, 6.07) is 15.3. The third-order valence-electron chi connectivity index (χ3n) is 5.05. The number of amides is 1. The van der Waals surface area contributed by atoms with Gasteiger partial charge >= 0.3 is 0 Å². The number of benzene rings is 2. The average Bonchev–Trinajstić information content (AvgIpc) is 3.08. The van der Waals surface area contributed by atoms with Crippen LogP contribution in [-0.2, 0) is 6.42 Å². The molecule has 4 rings (SSSR count). The lowest BCUT2D eigenvalue weighted by Crippen LogP contribution is -2.48. The summed E-state index contributed by atoms with van der Waals surface area (Å²) in [5, 5.41) is 18.1. The van der Waals surface area contributed by atoms with Gasteiger partial charge in [0.15, 0.2) is 0 Å². The van der Waals surface area contributed by atoms with Crippen molar-refractivity contribution in [3.05, 3.63) is 64.9 Å². The SMILES string of the molecule is O=C(N[C@@H]1CCCN(CCc2ccccc2)C1)c1ccc2c(c1)no[n+]2[O-]. The van der Waals surface area contributed by atoms with Crippen LogP contribution >= 0.6 is 0 Å². The highest BCUT2D eigenvalue weighted by atomic mass is 16.8. The van der Waals surface area contributed by atoms with Crippen LogP contribution < -0.4 is 10.2 Å². The number of aromatic nitrogens is 2. The molecule has 1 amide bonds. The smallest absolute Gasteiger partial charge is 0.251 e. The molecule has 1 N–H and O–H groups in total. The van der Waals surface area contributed by atoms with Crippen LogP contribution in [0, 0.1) is 5.21 Å². The van der Waals surface area contributed by atoms with Gasteiger partial charge in [-0.25, -0.2) is 0 Å². The predicted molar refractivity (Wildman–Crippen MR) is 100 cm³/mol. The molecule has 0 radical (unpaired) electrons. The first-order chi connectivity index (χ1) is 13.2. The molecule has 27 heavy (non-hydrogen) atoms. The molecular weight excluding hydrogens is 344 g/mol. The van der Waals surface area contributed by atoms with Crippen LogP contribution in [0.15, 0.2) is 53.2 Å². The molecule has 7 heteroatoms. The van der Waals surface area contributed by atoms with Crippen LogP contribution in [-0.4, -0.2) is 41.6 Å². The van der Waals surface area contributed by atoms with E-state index in [4.69, 9.17) is 0 Å². The van der Waals surface area contributed by atoms with Crippen LogP contribution in [0.2, 0.25) is 0 Å².